The lowest BCUT2D eigenvalue weighted by molar-refractivity contribution is -0.145. The van der Waals surface area contributed by atoms with Gasteiger partial charge in [0.15, 0.2) is 0 Å². The molecule has 1 aliphatic rings. The Morgan fingerprint density at radius 3 is 2.15 bits per heavy atom. The highest BCUT2D eigenvalue weighted by Crippen LogP contribution is 2.38. The quantitative estimate of drug-likeness (QED) is 0.530. The number of ether oxygens (including phenoxy) is 1. The SMILES string of the molecule is CCC(CC)[C@H](NC(C)=O)[C@@H]1[C@H](O)[C@H](C(=O)O)C[C@H]1NC(=O)OC(C)(C)C. The standard InChI is InChI=1S/C19H34N2O6/c1-7-11(8-2)15(20-10(3)22)14-13(9-12(16(14)23)17(24)25)21-18(26)27-19(4,5)6/h11-16,23H,7-9H2,1-6H3,(H,20,22)(H,21,26)(H,24,25)/t12-,13-,14-,15+,16-/m1/s1. The van der Waals surface area contributed by atoms with Crippen LogP contribution in [0.25, 0.3) is 0 Å². The zero-order valence-corrected chi connectivity index (χ0v) is 17.1. The van der Waals surface area contributed by atoms with Crippen molar-refractivity contribution in [1.82, 2.24) is 10.6 Å². The first-order valence-electron chi connectivity index (χ1n) is 9.58. The highest BCUT2D eigenvalue weighted by atomic mass is 16.6. The smallest absolute Gasteiger partial charge is 0.407 e. The van der Waals surface area contributed by atoms with E-state index in [1.165, 1.54) is 6.92 Å². The molecule has 8 nitrogen and oxygen atoms in total. The Balaban J connectivity index is 3.17. The molecule has 27 heavy (non-hydrogen) atoms. The number of aliphatic hydroxyl groups is 1. The number of hydrogen-bond acceptors (Lipinski definition) is 5. The molecule has 5 atom stereocenters. The molecule has 1 fully saturated rings. The molecule has 0 bridgehead atoms. The van der Waals surface area contributed by atoms with Gasteiger partial charge in [0.2, 0.25) is 5.91 Å². The fraction of sp³-hybridized carbons (Fsp3) is 0.842. The van der Waals surface area contributed by atoms with Gasteiger partial charge in [-0.05, 0) is 33.1 Å². The van der Waals surface area contributed by atoms with Gasteiger partial charge in [-0.15, -0.1) is 0 Å². The molecule has 0 aliphatic heterocycles. The number of aliphatic carboxylic acids is 1. The summed E-state index contributed by atoms with van der Waals surface area (Å²) in [5.74, 6) is -2.96. The molecule has 1 saturated carbocycles. The van der Waals surface area contributed by atoms with E-state index in [9.17, 15) is 24.6 Å². The molecule has 4 N–H and O–H groups in total. The Labute approximate surface area is 161 Å². The number of amides is 2. The van der Waals surface area contributed by atoms with E-state index in [0.29, 0.717) is 0 Å². The summed E-state index contributed by atoms with van der Waals surface area (Å²) in [5.41, 5.74) is -0.699. The Hall–Kier alpha value is -1.83. The van der Waals surface area contributed by atoms with Crippen molar-refractivity contribution in [3.63, 3.8) is 0 Å². The largest absolute Gasteiger partial charge is 0.481 e. The number of nitrogens with one attached hydrogen (secondary N) is 2. The number of carbonyl (C=O) groups is 3. The summed E-state index contributed by atoms with van der Waals surface area (Å²) in [6, 6.07) is -1.06. The van der Waals surface area contributed by atoms with Crippen LogP contribution in [0, 0.1) is 17.8 Å². The highest BCUT2D eigenvalue weighted by molar-refractivity contribution is 5.74. The molecule has 0 aromatic rings. The van der Waals surface area contributed by atoms with Gasteiger partial charge in [-0.25, -0.2) is 4.79 Å². The van der Waals surface area contributed by atoms with E-state index in [1.54, 1.807) is 20.8 Å². The van der Waals surface area contributed by atoms with Crippen LogP contribution in [0.2, 0.25) is 0 Å². The van der Waals surface area contributed by atoms with Crippen LogP contribution in [-0.2, 0) is 14.3 Å². The molecule has 0 aromatic carbocycles. The van der Waals surface area contributed by atoms with E-state index in [-0.39, 0.29) is 18.2 Å². The van der Waals surface area contributed by atoms with Gasteiger partial charge in [0.05, 0.1) is 12.0 Å². The lowest BCUT2D eigenvalue weighted by atomic mass is 9.80. The second-order valence-electron chi connectivity index (χ2n) is 8.30. The van der Waals surface area contributed by atoms with Crippen LogP contribution in [0.5, 0.6) is 0 Å². The number of carboxylic acids is 1. The minimum Gasteiger partial charge on any atom is -0.481 e. The van der Waals surface area contributed by atoms with E-state index in [1.807, 2.05) is 13.8 Å². The summed E-state index contributed by atoms with van der Waals surface area (Å²) < 4.78 is 5.29. The molecule has 0 radical (unpaired) electrons. The van der Waals surface area contributed by atoms with Crippen molar-refractivity contribution in [3.05, 3.63) is 0 Å². The Morgan fingerprint density at radius 2 is 1.74 bits per heavy atom. The number of aliphatic hydroxyl groups excluding tert-OH is 1. The molecule has 2 amide bonds. The molecule has 156 valence electrons. The number of alkyl carbamates (subject to hydrolysis) is 1. The van der Waals surface area contributed by atoms with Crippen LogP contribution >= 0.6 is 0 Å². The van der Waals surface area contributed by atoms with Crippen molar-refractivity contribution < 1.29 is 29.3 Å². The van der Waals surface area contributed by atoms with Crippen LogP contribution in [0.15, 0.2) is 0 Å². The van der Waals surface area contributed by atoms with Crippen LogP contribution in [0.1, 0.15) is 60.8 Å². The van der Waals surface area contributed by atoms with E-state index in [0.717, 1.165) is 12.8 Å². The third-order valence-corrected chi connectivity index (χ3v) is 5.14. The maximum atomic E-state index is 12.2. The lowest BCUT2D eigenvalue weighted by Crippen LogP contribution is -2.54. The van der Waals surface area contributed by atoms with Crippen molar-refractivity contribution >= 4 is 18.0 Å². The minimum absolute atomic E-state index is 0.0454. The number of rotatable bonds is 7. The van der Waals surface area contributed by atoms with Crippen molar-refractivity contribution in [3.8, 4) is 0 Å². The maximum Gasteiger partial charge on any atom is 0.407 e. The third-order valence-electron chi connectivity index (χ3n) is 5.14. The fourth-order valence-electron chi connectivity index (χ4n) is 3.96. The fourth-order valence-corrected chi connectivity index (χ4v) is 3.96. The monoisotopic (exact) mass is 386 g/mol. The molecule has 1 rings (SSSR count). The van der Waals surface area contributed by atoms with Gasteiger partial charge in [0.1, 0.15) is 5.60 Å². The first-order valence-corrected chi connectivity index (χ1v) is 9.58. The van der Waals surface area contributed by atoms with E-state index in [2.05, 4.69) is 10.6 Å². The van der Waals surface area contributed by atoms with Gasteiger partial charge in [0.25, 0.3) is 0 Å². The molecule has 0 aromatic heterocycles. The van der Waals surface area contributed by atoms with Gasteiger partial charge in [-0.1, -0.05) is 26.7 Å². The van der Waals surface area contributed by atoms with Crippen LogP contribution in [0.3, 0.4) is 0 Å². The Morgan fingerprint density at radius 1 is 1.19 bits per heavy atom. The van der Waals surface area contributed by atoms with Gasteiger partial charge in [-0.2, -0.15) is 0 Å². The molecular weight excluding hydrogens is 352 g/mol. The van der Waals surface area contributed by atoms with Gasteiger partial charge in [0, 0.05) is 24.9 Å². The topological polar surface area (TPSA) is 125 Å². The van der Waals surface area contributed by atoms with E-state index >= 15 is 0 Å². The van der Waals surface area contributed by atoms with Crippen LogP contribution in [0.4, 0.5) is 4.79 Å². The van der Waals surface area contributed by atoms with E-state index < -0.39 is 47.7 Å². The zero-order valence-electron chi connectivity index (χ0n) is 17.1. The average molecular weight is 386 g/mol. The first-order chi connectivity index (χ1) is 12.4. The molecule has 0 saturated heterocycles. The molecule has 0 spiro atoms. The first kappa shape index (κ1) is 23.2. The maximum absolute atomic E-state index is 12.2. The predicted octanol–water partition coefficient (Wildman–Crippen LogP) is 1.90. The molecule has 0 heterocycles. The summed E-state index contributed by atoms with van der Waals surface area (Å²) in [5, 5.41) is 25.8. The second-order valence-corrected chi connectivity index (χ2v) is 8.30. The normalized spacial score (nSPS) is 26.5. The number of carboxylic acid groups (broad SMARTS) is 1. The summed E-state index contributed by atoms with van der Waals surface area (Å²) in [7, 11) is 0. The second kappa shape index (κ2) is 9.39. The van der Waals surface area contributed by atoms with E-state index in [4.69, 9.17) is 4.74 Å². The van der Waals surface area contributed by atoms with Crippen molar-refractivity contribution in [2.24, 2.45) is 17.8 Å². The van der Waals surface area contributed by atoms with Crippen molar-refractivity contribution in [2.75, 3.05) is 0 Å². The molecule has 8 heteroatoms. The van der Waals surface area contributed by atoms with Gasteiger partial charge < -0.3 is 25.6 Å². The summed E-state index contributed by atoms with van der Waals surface area (Å²) in [4.78, 5) is 35.6. The van der Waals surface area contributed by atoms with Crippen molar-refractivity contribution in [1.29, 1.82) is 0 Å². The Kier molecular flexibility index (Phi) is 8.07. The zero-order chi connectivity index (χ0) is 20.9. The molecule has 0 unspecified atom stereocenters. The summed E-state index contributed by atoms with van der Waals surface area (Å²) in [6.07, 6.45) is -0.263. The van der Waals surface area contributed by atoms with Crippen molar-refractivity contribution in [2.45, 2.75) is 84.6 Å². The predicted molar refractivity (Wildman–Crippen MR) is 100 cm³/mol. The summed E-state index contributed by atoms with van der Waals surface area (Å²) >= 11 is 0. The number of hydrogen-bond donors (Lipinski definition) is 4. The molecular formula is C19H34N2O6. The average Bonchev–Trinajstić information content (AvgIpc) is 2.81. The van der Waals surface area contributed by atoms with Crippen LogP contribution in [-0.4, -0.2) is 52.0 Å². The number of carbonyl (C=O) groups excluding carboxylic acids is 2. The third kappa shape index (κ3) is 6.37. The van der Waals surface area contributed by atoms with Crippen LogP contribution < -0.4 is 10.6 Å². The van der Waals surface area contributed by atoms with Gasteiger partial charge >= 0.3 is 12.1 Å². The highest BCUT2D eigenvalue weighted by Gasteiger charge is 2.51. The lowest BCUT2D eigenvalue weighted by Gasteiger charge is -2.36. The summed E-state index contributed by atoms with van der Waals surface area (Å²) in [6.45, 7) is 10.6. The minimum atomic E-state index is -1.18. The molecule has 1 aliphatic carbocycles. The Bertz CT molecular complexity index is 541. The van der Waals surface area contributed by atoms with Gasteiger partial charge in [-0.3, -0.25) is 9.59 Å².